The maximum absolute atomic E-state index is 13.6. The Hall–Kier alpha value is -2.04. The lowest BCUT2D eigenvalue weighted by Crippen LogP contribution is -1.99. The van der Waals surface area contributed by atoms with Gasteiger partial charge in [-0.15, -0.1) is 0 Å². The molecule has 0 radical (unpaired) electrons. The van der Waals surface area contributed by atoms with Crippen LogP contribution in [0.3, 0.4) is 0 Å². The maximum atomic E-state index is 13.6. The lowest BCUT2D eigenvalue weighted by molar-refractivity contribution is 0.366. The average Bonchev–Trinajstić information content (AvgIpc) is 2.58. The molecule has 130 valence electrons. The van der Waals surface area contributed by atoms with E-state index in [0.717, 1.165) is 24.8 Å². The molecule has 1 nitrogen and oxygen atoms in total. The van der Waals surface area contributed by atoms with E-state index in [1.165, 1.54) is 31.4 Å². The van der Waals surface area contributed by atoms with Gasteiger partial charge >= 0.3 is 0 Å². The van der Waals surface area contributed by atoms with Crippen LogP contribution in [0.15, 0.2) is 30.3 Å². The number of benzene rings is 2. The third-order valence-corrected chi connectivity index (χ3v) is 3.78. The van der Waals surface area contributed by atoms with Gasteiger partial charge in [-0.3, -0.25) is 0 Å². The van der Waals surface area contributed by atoms with Gasteiger partial charge in [0.25, 0.3) is 0 Å². The summed E-state index contributed by atoms with van der Waals surface area (Å²) in [5.41, 5.74) is 1.07. The highest BCUT2D eigenvalue weighted by molar-refractivity contribution is 5.35. The third kappa shape index (κ3) is 4.73. The first-order valence-electron chi connectivity index (χ1n) is 8.12. The van der Waals surface area contributed by atoms with Gasteiger partial charge in [-0.05, 0) is 30.5 Å². The lowest BCUT2D eigenvalue weighted by Gasteiger charge is -2.10. The minimum absolute atomic E-state index is 0.118. The molecule has 0 saturated carbocycles. The number of aryl methyl sites for hydroxylation is 1. The molecule has 0 N–H and O–H groups in total. The summed E-state index contributed by atoms with van der Waals surface area (Å²) < 4.78 is 58.4. The van der Waals surface area contributed by atoms with E-state index in [0.29, 0.717) is 0 Å². The number of unbranched alkanes of at least 4 members (excludes halogenated alkanes) is 4. The fourth-order valence-electron chi connectivity index (χ4n) is 2.42. The van der Waals surface area contributed by atoms with Gasteiger partial charge in [0.2, 0.25) is 17.4 Å². The first kappa shape index (κ1) is 18.3. The molecule has 5 heteroatoms. The van der Waals surface area contributed by atoms with Crippen molar-refractivity contribution < 1.29 is 22.3 Å². The molecule has 0 aliphatic carbocycles. The van der Waals surface area contributed by atoms with E-state index in [9.17, 15) is 17.6 Å². The standard InChI is InChI=1S/C19H20F4O/c1-2-3-4-5-6-7-13-8-10-14(11-9-13)24-19-17(22)15(20)12-16(21)18(19)23/h8-12H,2-7H2,1H3. The summed E-state index contributed by atoms with van der Waals surface area (Å²) in [6.45, 7) is 2.16. The number of ether oxygens (including phenoxy) is 1. The predicted octanol–water partition coefficient (Wildman–Crippen LogP) is 6.55. The van der Waals surface area contributed by atoms with Crippen LogP contribution >= 0.6 is 0 Å². The molecule has 0 bridgehead atoms. The van der Waals surface area contributed by atoms with Crippen LogP contribution in [0.1, 0.15) is 44.6 Å². The third-order valence-electron chi connectivity index (χ3n) is 3.78. The highest BCUT2D eigenvalue weighted by Crippen LogP contribution is 2.31. The summed E-state index contributed by atoms with van der Waals surface area (Å²) in [4.78, 5) is 0. The fourth-order valence-corrected chi connectivity index (χ4v) is 2.42. The van der Waals surface area contributed by atoms with Crippen molar-refractivity contribution in [2.24, 2.45) is 0 Å². The smallest absolute Gasteiger partial charge is 0.204 e. The lowest BCUT2D eigenvalue weighted by atomic mass is 10.1. The van der Waals surface area contributed by atoms with E-state index in [1.807, 2.05) is 0 Å². The minimum atomic E-state index is -1.55. The summed E-state index contributed by atoms with van der Waals surface area (Å²) in [7, 11) is 0. The van der Waals surface area contributed by atoms with Gasteiger partial charge in [-0.1, -0.05) is 44.7 Å². The Bertz CT molecular complexity index is 642. The highest BCUT2D eigenvalue weighted by atomic mass is 19.2. The molecule has 0 aliphatic heterocycles. The van der Waals surface area contributed by atoms with Crippen molar-refractivity contribution in [2.45, 2.75) is 45.4 Å². The van der Waals surface area contributed by atoms with E-state index < -0.39 is 29.0 Å². The fraction of sp³-hybridized carbons (Fsp3) is 0.368. The Labute approximate surface area is 139 Å². The Morgan fingerprint density at radius 2 is 1.38 bits per heavy atom. The summed E-state index contributed by atoms with van der Waals surface area (Å²) >= 11 is 0. The molecule has 0 heterocycles. The molecule has 0 aromatic heterocycles. The van der Waals surface area contributed by atoms with Gasteiger partial charge in [0.15, 0.2) is 11.6 Å². The molecule has 2 aromatic carbocycles. The van der Waals surface area contributed by atoms with Crippen molar-refractivity contribution in [3.05, 3.63) is 59.2 Å². The van der Waals surface area contributed by atoms with Crippen molar-refractivity contribution in [3.63, 3.8) is 0 Å². The van der Waals surface area contributed by atoms with Crippen LogP contribution in [-0.4, -0.2) is 0 Å². The zero-order valence-electron chi connectivity index (χ0n) is 13.5. The molecular formula is C19H20F4O. The van der Waals surface area contributed by atoms with Gasteiger partial charge in [0.05, 0.1) is 0 Å². The van der Waals surface area contributed by atoms with Crippen molar-refractivity contribution >= 4 is 0 Å². The molecule has 2 aromatic rings. The van der Waals surface area contributed by atoms with Gasteiger partial charge in [0.1, 0.15) is 5.75 Å². The van der Waals surface area contributed by atoms with Crippen LogP contribution in [0, 0.1) is 23.3 Å². The molecule has 0 aliphatic rings. The monoisotopic (exact) mass is 340 g/mol. The Kier molecular flexibility index (Phi) is 6.64. The van der Waals surface area contributed by atoms with Gasteiger partial charge in [0, 0.05) is 6.07 Å². The second-order valence-corrected chi connectivity index (χ2v) is 5.71. The zero-order chi connectivity index (χ0) is 17.5. The van der Waals surface area contributed by atoms with Crippen LogP contribution < -0.4 is 4.74 Å². The topological polar surface area (TPSA) is 9.23 Å². The largest absolute Gasteiger partial charge is 0.451 e. The zero-order valence-corrected chi connectivity index (χ0v) is 13.5. The first-order valence-corrected chi connectivity index (χ1v) is 8.12. The van der Waals surface area contributed by atoms with Crippen LogP contribution in [0.4, 0.5) is 17.6 Å². The normalized spacial score (nSPS) is 10.9. The van der Waals surface area contributed by atoms with E-state index in [1.54, 1.807) is 12.1 Å². The Morgan fingerprint density at radius 3 is 1.96 bits per heavy atom. The maximum Gasteiger partial charge on any atom is 0.204 e. The van der Waals surface area contributed by atoms with Crippen molar-refractivity contribution in [3.8, 4) is 11.5 Å². The number of halogens is 4. The molecule has 0 spiro atoms. The summed E-state index contributed by atoms with van der Waals surface area (Å²) in [5, 5.41) is 0. The Morgan fingerprint density at radius 1 is 0.792 bits per heavy atom. The molecule has 0 atom stereocenters. The van der Waals surface area contributed by atoms with Crippen LogP contribution in [-0.2, 0) is 6.42 Å². The van der Waals surface area contributed by atoms with Crippen molar-refractivity contribution in [1.29, 1.82) is 0 Å². The number of hydrogen-bond donors (Lipinski definition) is 0. The van der Waals surface area contributed by atoms with E-state index in [4.69, 9.17) is 4.74 Å². The van der Waals surface area contributed by atoms with Gasteiger partial charge in [-0.2, -0.15) is 8.78 Å². The van der Waals surface area contributed by atoms with E-state index in [-0.39, 0.29) is 11.8 Å². The highest BCUT2D eigenvalue weighted by Gasteiger charge is 2.21. The minimum Gasteiger partial charge on any atom is -0.451 e. The predicted molar refractivity (Wildman–Crippen MR) is 85.3 cm³/mol. The van der Waals surface area contributed by atoms with Crippen LogP contribution in [0.5, 0.6) is 11.5 Å². The number of rotatable bonds is 8. The Balaban J connectivity index is 2.00. The van der Waals surface area contributed by atoms with E-state index in [2.05, 4.69) is 6.92 Å². The second kappa shape index (κ2) is 8.71. The van der Waals surface area contributed by atoms with Crippen LogP contribution in [0.2, 0.25) is 0 Å². The molecule has 0 fully saturated rings. The van der Waals surface area contributed by atoms with Gasteiger partial charge < -0.3 is 4.74 Å². The molecule has 0 unspecified atom stereocenters. The van der Waals surface area contributed by atoms with Gasteiger partial charge in [-0.25, -0.2) is 8.78 Å². The van der Waals surface area contributed by atoms with Crippen molar-refractivity contribution in [1.82, 2.24) is 0 Å². The molecule has 2 rings (SSSR count). The molecule has 24 heavy (non-hydrogen) atoms. The summed E-state index contributed by atoms with van der Waals surface area (Å²) in [5.74, 6) is -7.03. The molecule has 0 amide bonds. The van der Waals surface area contributed by atoms with Crippen molar-refractivity contribution in [2.75, 3.05) is 0 Å². The van der Waals surface area contributed by atoms with Crippen LogP contribution in [0.25, 0.3) is 0 Å². The first-order chi connectivity index (χ1) is 11.5. The molecule has 0 saturated heterocycles. The molecular weight excluding hydrogens is 320 g/mol. The average molecular weight is 340 g/mol. The second-order valence-electron chi connectivity index (χ2n) is 5.71. The summed E-state index contributed by atoms with van der Waals surface area (Å²) in [6, 6.07) is 6.77. The number of hydrogen-bond acceptors (Lipinski definition) is 1. The summed E-state index contributed by atoms with van der Waals surface area (Å²) in [6.07, 6.45) is 6.76. The quantitative estimate of drug-likeness (QED) is 0.301. The SMILES string of the molecule is CCCCCCCc1ccc(Oc2c(F)c(F)cc(F)c2F)cc1. The van der Waals surface area contributed by atoms with E-state index >= 15 is 0 Å².